The highest BCUT2D eigenvalue weighted by Crippen LogP contribution is 2.09. The first-order valence-electron chi connectivity index (χ1n) is 9.72. The molecular weight excluding hydrogens is 278 g/mol. The van der Waals surface area contributed by atoms with E-state index in [1.165, 1.54) is 75.5 Å². The van der Waals surface area contributed by atoms with Gasteiger partial charge >= 0.3 is 0 Å². The standard InChI is InChI=1S/C22H41N/c1-6-8-9-10-11-12-13-19-23(18-7-2)20-17-22(5)16-14-15-21(3)4/h7,15,17H,2,6,8-14,16,18-20H2,1,3-5H3/b22-17+. The third kappa shape index (κ3) is 15.8. The van der Waals surface area contributed by atoms with Gasteiger partial charge in [0.05, 0.1) is 0 Å². The van der Waals surface area contributed by atoms with Crippen LogP contribution >= 0.6 is 0 Å². The van der Waals surface area contributed by atoms with Gasteiger partial charge in [-0.15, -0.1) is 6.58 Å². The van der Waals surface area contributed by atoms with Crippen molar-refractivity contribution in [3.8, 4) is 0 Å². The molecule has 0 N–H and O–H groups in total. The highest BCUT2D eigenvalue weighted by Gasteiger charge is 2.01. The minimum absolute atomic E-state index is 1.01. The minimum Gasteiger partial charge on any atom is -0.296 e. The summed E-state index contributed by atoms with van der Waals surface area (Å²) in [4.78, 5) is 2.52. The second-order valence-corrected chi connectivity index (χ2v) is 7.04. The molecule has 0 radical (unpaired) electrons. The van der Waals surface area contributed by atoms with Gasteiger partial charge < -0.3 is 0 Å². The van der Waals surface area contributed by atoms with Crippen molar-refractivity contribution >= 4 is 0 Å². The molecule has 0 aliphatic rings. The second-order valence-electron chi connectivity index (χ2n) is 7.04. The van der Waals surface area contributed by atoms with Crippen LogP contribution in [0, 0.1) is 0 Å². The van der Waals surface area contributed by atoms with Gasteiger partial charge in [0.2, 0.25) is 0 Å². The van der Waals surface area contributed by atoms with E-state index in [-0.39, 0.29) is 0 Å². The maximum atomic E-state index is 3.90. The summed E-state index contributed by atoms with van der Waals surface area (Å²) in [6.07, 6.45) is 18.8. The van der Waals surface area contributed by atoms with Crippen LogP contribution in [0.2, 0.25) is 0 Å². The molecule has 0 unspecified atom stereocenters. The Morgan fingerprint density at radius 3 is 2.13 bits per heavy atom. The fraction of sp³-hybridized carbons (Fsp3) is 0.727. The van der Waals surface area contributed by atoms with Crippen molar-refractivity contribution in [2.75, 3.05) is 19.6 Å². The van der Waals surface area contributed by atoms with E-state index in [0.29, 0.717) is 0 Å². The zero-order valence-electron chi connectivity index (χ0n) is 16.4. The molecule has 0 amide bonds. The Balaban J connectivity index is 3.91. The van der Waals surface area contributed by atoms with Crippen molar-refractivity contribution in [1.29, 1.82) is 0 Å². The third-order valence-electron chi connectivity index (χ3n) is 4.25. The average Bonchev–Trinajstić information content (AvgIpc) is 2.51. The molecule has 0 saturated heterocycles. The molecule has 0 aliphatic heterocycles. The largest absolute Gasteiger partial charge is 0.296 e. The van der Waals surface area contributed by atoms with Crippen LogP contribution in [0.15, 0.2) is 36.0 Å². The number of unbranched alkanes of at least 4 members (excludes halogenated alkanes) is 6. The van der Waals surface area contributed by atoms with E-state index < -0.39 is 0 Å². The quantitative estimate of drug-likeness (QED) is 0.234. The predicted molar refractivity (Wildman–Crippen MR) is 107 cm³/mol. The van der Waals surface area contributed by atoms with Crippen LogP contribution < -0.4 is 0 Å². The van der Waals surface area contributed by atoms with Crippen LogP contribution in [-0.2, 0) is 0 Å². The smallest absolute Gasteiger partial charge is 0.0169 e. The van der Waals surface area contributed by atoms with E-state index in [2.05, 4.69) is 51.3 Å². The van der Waals surface area contributed by atoms with Gasteiger partial charge in [-0.25, -0.2) is 0 Å². The molecule has 0 aromatic rings. The van der Waals surface area contributed by atoms with Crippen molar-refractivity contribution in [3.63, 3.8) is 0 Å². The average molecular weight is 320 g/mol. The summed E-state index contributed by atoms with van der Waals surface area (Å²) in [5, 5.41) is 0. The molecule has 134 valence electrons. The lowest BCUT2D eigenvalue weighted by Crippen LogP contribution is -2.25. The van der Waals surface area contributed by atoms with Crippen molar-refractivity contribution in [2.24, 2.45) is 0 Å². The summed E-state index contributed by atoms with van der Waals surface area (Å²) in [6.45, 7) is 16.1. The zero-order chi connectivity index (χ0) is 17.3. The number of allylic oxidation sites excluding steroid dienone is 3. The fourth-order valence-corrected chi connectivity index (χ4v) is 2.71. The van der Waals surface area contributed by atoms with Gasteiger partial charge in [-0.2, -0.15) is 0 Å². The summed E-state index contributed by atoms with van der Waals surface area (Å²) in [5.74, 6) is 0. The highest BCUT2D eigenvalue weighted by atomic mass is 15.1. The lowest BCUT2D eigenvalue weighted by molar-refractivity contribution is 0.323. The lowest BCUT2D eigenvalue weighted by atomic mass is 10.1. The van der Waals surface area contributed by atoms with Crippen LogP contribution in [0.3, 0.4) is 0 Å². The topological polar surface area (TPSA) is 3.24 Å². The Kier molecular flexibility index (Phi) is 15.5. The molecule has 0 spiro atoms. The van der Waals surface area contributed by atoms with Crippen molar-refractivity contribution < 1.29 is 0 Å². The number of hydrogen-bond donors (Lipinski definition) is 0. The van der Waals surface area contributed by atoms with Crippen molar-refractivity contribution in [1.82, 2.24) is 4.90 Å². The Bertz CT molecular complexity index is 334. The van der Waals surface area contributed by atoms with E-state index in [1.54, 1.807) is 0 Å². The van der Waals surface area contributed by atoms with E-state index in [9.17, 15) is 0 Å². The van der Waals surface area contributed by atoms with Crippen LogP contribution in [0.25, 0.3) is 0 Å². The number of nitrogens with zero attached hydrogens (tertiary/aromatic N) is 1. The summed E-state index contributed by atoms with van der Waals surface area (Å²) in [7, 11) is 0. The van der Waals surface area contributed by atoms with E-state index in [1.807, 2.05) is 6.08 Å². The van der Waals surface area contributed by atoms with Gasteiger partial charge in [0, 0.05) is 13.1 Å². The van der Waals surface area contributed by atoms with Gasteiger partial charge in [-0.1, -0.05) is 74.8 Å². The molecule has 23 heavy (non-hydrogen) atoms. The highest BCUT2D eigenvalue weighted by molar-refractivity contribution is 5.03. The first-order chi connectivity index (χ1) is 11.1. The second kappa shape index (κ2) is 16.1. The first-order valence-corrected chi connectivity index (χ1v) is 9.72. The predicted octanol–water partition coefficient (Wildman–Crippen LogP) is 6.92. The first kappa shape index (κ1) is 22.2. The molecule has 0 aliphatic carbocycles. The zero-order valence-corrected chi connectivity index (χ0v) is 16.4. The molecule has 1 heteroatoms. The maximum absolute atomic E-state index is 3.90. The third-order valence-corrected chi connectivity index (χ3v) is 4.25. The Morgan fingerprint density at radius 1 is 0.870 bits per heavy atom. The summed E-state index contributed by atoms with van der Waals surface area (Å²) >= 11 is 0. The van der Waals surface area contributed by atoms with Crippen LogP contribution in [0.1, 0.15) is 85.5 Å². The summed E-state index contributed by atoms with van der Waals surface area (Å²) in [6, 6.07) is 0. The molecule has 0 rings (SSSR count). The summed E-state index contributed by atoms with van der Waals surface area (Å²) < 4.78 is 0. The Hall–Kier alpha value is -0.820. The molecular formula is C22H41N. The molecule has 0 heterocycles. The fourth-order valence-electron chi connectivity index (χ4n) is 2.71. The van der Waals surface area contributed by atoms with Gasteiger partial charge in [0.1, 0.15) is 0 Å². The van der Waals surface area contributed by atoms with Crippen molar-refractivity contribution in [3.05, 3.63) is 36.0 Å². The number of rotatable bonds is 15. The molecule has 1 nitrogen and oxygen atoms in total. The SMILES string of the molecule is C=CCN(C/C=C(\C)CCC=C(C)C)CCCCCCCCC. The van der Waals surface area contributed by atoms with Crippen molar-refractivity contribution in [2.45, 2.75) is 85.5 Å². The molecule has 0 aromatic heterocycles. The normalized spacial score (nSPS) is 11.8. The van der Waals surface area contributed by atoms with Crippen LogP contribution in [0.4, 0.5) is 0 Å². The van der Waals surface area contributed by atoms with Gasteiger partial charge in [0.15, 0.2) is 0 Å². The molecule has 0 aromatic carbocycles. The molecule has 0 saturated carbocycles. The molecule has 0 atom stereocenters. The van der Waals surface area contributed by atoms with Gasteiger partial charge in [-0.05, 0) is 46.6 Å². The lowest BCUT2D eigenvalue weighted by Gasteiger charge is -2.19. The maximum Gasteiger partial charge on any atom is 0.0169 e. The van der Waals surface area contributed by atoms with E-state index in [0.717, 1.165) is 13.1 Å². The van der Waals surface area contributed by atoms with Gasteiger partial charge in [-0.3, -0.25) is 4.90 Å². The van der Waals surface area contributed by atoms with E-state index in [4.69, 9.17) is 0 Å². The van der Waals surface area contributed by atoms with Gasteiger partial charge in [0.25, 0.3) is 0 Å². The Morgan fingerprint density at radius 2 is 1.52 bits per heavy atom. The summed E-state index contributed by atoms with van der Waals surface area (Å²) in [5.41, 5.74) is 2.93. The molecule has 0 bridgehead atoms. The number of hydrogen-bond acceptors (Lipinski definition) is 1. The molecule has 0 fully saturated rings. The monoisotopic (exact) mass is 319 g/mol. The van der Waals surface area contributed by atoms with Crippen LogP contribution in [-0.4, -0.2) is 24.5 Å². The van der Waals surface area contributed by atoms with E-state index >= 15 is 0 Å². The Labute approximate surface area is 146 Å². The van der Waals surface area contributed by atoms with Crippen LogP contribution in [0.5, 0.6) is 0 Å². The minimum atomic E-state index is 1.01.